The lowest BCUT2D eigenvalue weighted by Gasteiger charge is -2.36. The quantitative estimate of drug-likeness (QED) is 0.383. The molecule has 0 spiro atoms. The number of carbonyl (C=O) groups is 2. The van der Waals surface area contributed by atoms with Crippen LogP contribution in [0.2, 0.25) is 0 Å². The second-order valence-corrected chi connectivity index (χ2v) is 5.11. The minimum Gasteiger partial charge on any atom is -0.369 e. The summed E-state index contributed by atoms with van der Waals surface area (Å²) in [6.45, 7) is 3.16. The van der Waals surface area contributed by atoms with Crippen LogP contribution < -0.4 is 17.0 Å². The van der Waals surface area contributed by atoms with E-state index in [2.05, 4.69) is 17.0 Å². The highest BCUT2D eigenvalue weighted by atomic mass is 16.5. The van der Waals surface area contributed by atoms with Crippen LogP contribution in [0.4, 0.5) is 0 Å². The molecule has 1 aliphatic heterocycles. The number of amides is 2. The molecule has 8 heteroatoms. The van der Waals surface area contributed by atoms with Gasteiger partial charge in [-0.25, -0.2) is 5.84 Å². The van der Waals surface area contributed by atoms with Crippen LogP contribution in [0.1, 0.15) is 36.0 Å². The fraction of sp³-hybridized carbons (Fsp3) is 0.583. The highest BCUT2D eigenvalue weighted by Gasteiger charge is 2.29. The van der Waals surface area contributed by atoms with Crippen LogP contribution >= 0.6 is 0 Å². The molecule has 0 radical (unpaired) electrons. The van der Waals surface area contributed by atoms with Gasteiger partial charge >= 0.3 is 0 Å². The van der Waals surface area contributed by atoms with Crippen molar-refractivity contribution < 1.29 is 14.1 Å². The van der Waals surface area contributed by atoms with Gasteiger partial charge in [0, 0.05) is 18.7 Å². The standard InChI is InChI=1S/C12H19N5O3/c1-7-2-3-8(11(13)18)5-17(7)6-9-4-10(16-20-9)12(19)15-14/h4,7-8H,2-3,5-6,14H2,1H3,(H2,13,18)(H,15,19). The monoisotopic (exact) mass is 281 g/mol. The Kier molecular flexibility index (Phi) is 4.35. The van der Waals surface area contributed by atoms with Crippen molar-refractivity contribution in [3.8, 4) is 0 Å². The Bertz CT molecular complexity index is 501. The maximum atomic E-state index is 11.3. The third kappa shape index (κ3) is 3.14. The number of primary amides is 1. The third-order valence-electron chi connectivity index (χ3n) is 3.70. The molecular formula is C12H19N5O3. The summed E-state index contributed by atoms with van der Waals surface area (Å²) in [4.78, 5) is 24.7. The summed E-state index contributed by atoms with van der Waals surface area (Å²) in [6.07, 6.45) is 1.71. The largest absolute Gasteiger partial charge is 0.369 e. The topological polar surface area (TPSA) is 127 Å². The molecule has 0 bridgehead atoms. The highest BCUT2D eigenvalue weighted by Crippen LogP contribution is 2.23. The zero-order valence-electron chi connectivity index (χ0n) is 11.3. The van der Waals surface area contributed by atoms with Crippen LogP contribution in [-0.2, 0) is 11.3 Å². The second-order valence-electron chi connectivity index (χ2n) is 5.11. The van der Waals surface area contributed by atoms with Crippen LogP contribution in [0, 0.1) is 5.92 Å². The number of nitrogen functional groups attached to an aromatic ring is 1. The van der Waals surface area contributed by atoms with Crippen LogP contribution in [0.3, 0.4) is 0 Å². The SMILES string of the molecule is CC1CCC(C(N)=O)CN1Cc1cc(C(=O)NN)no1. The molecule has 110 valence electrons. The minimum absolute atomic E-state index is 0.138. The van der Waals surface area contributed by atoms with Crippen molar-refractivity contribution in [3.63, 3.8) is 0 Å². The molecule has 1 saturated heterocycles. The second kappa shape index (κ2) is 6.02. The summed E-state index contributed by atoms with van der Waals surface area (Å²) in [5.41, 5.74) is 7.49. The molecule has 2 heterocycles. The molecule has 1 aromatic rings. The van der Waals surface area contributed by atoms with E-state index in [1.54, 1.807) is 6.07 Å². The molecular weight excluding hydrogens is 262 g/mol. The summed E-state index contributed by atoms with van der Waals surface area (Å²) >= 11 is 0. The van der Waals surface area contributed by atoms with E-state index in [-0.39, 0.29) is 17.5 Å². The zero-order chi connectivity index (χ0) is 14.7. The average Bonchev–Trinajstić information content (AvgIpc) is 2.88. The molecule has 0 aromatic carbocycles. The van der Waals surface area contributed by atoms with Crippen LogP contribution in [0.5, 0.6) is 0 Å². The van der Waals surface area contributed by atoms with Crippen molar-refractivity contribution in [2.75, 3.05) is 6.54 Å². The van der Waals surface area contributed by atoms with Gasteiger partial charge in [-0.05, 0) is 19.8 Å². The summed E-state index contributed by atoms with van der Waals surface area (Å²) in [5, 5.41) is 3.65. The van der Waals surface area contributed by atoms with Gasteiger partial charge in [-0.15, -0.1) is 0 Å². The van der Waals surface area contributed by atoms with Crippen molar-refractivity contribution in [2.45, 2.75) is 32.4 Å². The first-order valence-electron chi connectivity index (χ1n) is 6.51. The number of piperidine rings is 1. The molecule has 2 unspecified atom stereocenters. The molecule has 5 N–H and O–H groups in total. The first-order valence-corrected chi connectivity index (χ1v) is 6.51. The number of hydrogen-bond donors (Lipinski definition) is 3. The third-order valence-corrected chi connectivity index (χ3v) is 3.70. The molecule has 2 amide bonds. The van der Waals surface area contributed by atoms with E-state index >= 15 is 0 Å². The smallest absolute Gasteiger partial charge is 0.287 e. The highest BCUT2D eigenvalue weighted by molar-refractivity contribution is 5.91. The van der Waals surface area contributed by atoms with Gasteiger partial charge in [-0.1, -0.05) is 5.16 Å². The predicted molar refractivity (Wildman–Crippen MR) is 69.9 cm³/mol. The molecule has 1 aliphatic rings. The first kappa shape index (κ1) is 14.5. The molecule has 2 rings (SSSR count). The summed E-state index contributed by atoms with van der Waals surface area (Å²) < 4.78 is 5.11. The first-order chi connectivity index (χ1) is 9.51. The number of hydrazine groups is 1. The zero-order valence-corrected chi connectivity index (χ0v) is 11.3. The van der Waals surface area contributed by atoms with Crippen molar-refractivity contribution in [1.82, 2.24) is 15.5 Å². The maximum Gasteiger partial charge on any atom is 0.287 e. The maximum absolute atomic E-state index is 11.3. The van der Waals surface area contributed by atoms with Crippen LogP contribution in [0.15, 0.2) is 10.6 Å². The van der Waals surface area contributed by atoms with Gasteiger partial charge in [0.15, 0.2) is 11.5 Å². The van der Waals surface area contributed by atoms with Gasteiger partial charge in [0.25, 0.3) is 5.91 Å². The predicted octanol–water partition coefficient (Wildman–Crippen LogP) is -0.636. The van der Waals surface area contributed by atoms with E-state index in [4.69, 9.17) is 16.1 Å². The average molecular weight is 281 g/mol. The van der Waals surface area contributed by atoms with Gasteiger partial charge in [0.05, 0.1) is 12.5 Å². The minimum atomic E-state index is -0.498. The molecule has 0 saturated carbocycles. The van der Waals surface area contributed by atoms with Crippen molar-refractivity contribution in [3.05, 3.63) is 17.5 Å². The normalized spacial score (nSPS) is 23.5. The number of carbonyl (C=O) groups excluding carboxylic acids is 2. The molecule has 20 heavy (non-hydrogen) atoms. The van der Waals surface area contributed by atoms with Gasteiger partial charge in [-0.3, -0.25) is 19.9 Å². The Morgan fingerprint density at radius 2 is 2.30 bits per heavy atom. The fourth-order valence-electron chi connectivity index (χ4n) is 2.40. The van der Waals surface area contributed by atoms with Crippen LogP contribution in [0.25, 0.3) is 0 Å². The number of nitrogens with zero attached hydrogens (tertiary/aromatic N) is 2. The number of likely N-dealkylation sites (tertiary alicyclic amines) is 1. The van der Waals surface area contributed by atoms with Crippen LogP contribution in [-0.4, -0.2) is 34.5 Å². The number of nitrogens with one attached hydrogen (secondary N) is 1. The van der Waals surface area contributed by atoms with Gasteiger partial charge in [-0.2, -0.15) is 0 Å². The Balaban J connectivity index is 2.02. The molecule has 8 nitrogen and oxygen atoms in total. The Labute approximate surface area is 116 Å². The van der Waals surface area contributed by atoms with Crippen molar-refractivity contribution in [2.24, 2.45) is 17.5 Å². The van der Waals surface area contributed by atoms with Gasteiger partial charge < -0.3 is 10.3 Å². The molecule has 1 fully saturated rings. The molecule has 1 aromatic heterocycles. The summed E-state index contributed by atoms with van der Waals surface area (Å²) in [7, 11) is 0. The molecule has 2 atom stereocenters. The van der Waals surface area contributed by atoms with Crippen molar-refractivity contribution in [1.29, 1.82) is 0 Å². The summed E-state index contributed by atoms with van der Waals surface area (Å²) in [5.74, 6) is 4.67. The number of nitrogens with two attached hydrogens (primary N) is 2. The lowest BCUT2D eigenvalue weighted by molar-refractivity contribution is -0.124. The Morgan fingerprint density at radius 3 is 2.95 bits per heavy atom. The van der Waals surface area contributed by atoms with E-state index in [1.165, 1.54) is 0 Å². The van der Waals surface area contributed by atoms with Gasteiger partial charge in [0.2, 0.25) is 5.91 Å². The number of hydrogen-bond acceptors (Lipinski definition) is 6. The van der Waals surface area contributed by atoms with E-state index in [1.807, 2.05) is 5.43 Å². The van der Waals surface area contributed by atoms with E-state index in [0.717, 1.165) is 12.8 Å². The fourth-order valence-corrected chi connectivity index (χ4v) is 2.40. The van der Waals surface area contributed by atoms with E-state index in [9.17, 15) is 9.59 Å². The van der Waals surface area contributed by atoms with Crippen molar-refractivity contribution >= 4 is 11.8 Å². The number of rotatable bonds is 4. The summed E-state index contributed by atoms with van der Waals surface area (Å²) in [6, 6.07) is 1.87. The lowest BCUT2D eigenvalue weighted by atomic mass is 9.93. The van der Waals surface area contributed by atoms with E-state index < -0.39 is 5.91 Å². The Hall–Kier alpha value is -1.93. The molecule has 0 aliphatic carbocycles. The van der Waals surface area contributed by atoms with E-state index in [0.29, 0.717) is 24.9 Å². The Morgan fingerprint density at radius 1 is 1.55 bits per heavy atom. The lowest BCUT2D eigenvalue weighted by Crippen LogP contribution is -2.45. The van der Waals surface area contributed by atoms with Gasteiger partial charge in [0.1, 0.15) is 0 Å². The number of aromatic nitrogens is 1.